The number of esters is 2. The Hall–Kier alpha value is -2.15. The van der Waals surface area contributed by atoms with Crippen molar-refractivity contribution in [1.82, 2.24) is 0 Å². The number of ether oxygens (including phenoxy) is 2. The van der Waals surface area contributed by atoms with Crippen LogP contribution in [0.25, 0.3) is 0 Å². The predicted molar refractivity (Wildman–Crippen MR) is 219 cm³/mol. The molecule has 1 unspecified atom stereocenters. The lowest BCUT2D eigenvalue weighted by atomic mass is 10.1. The van der Waals surface area contributed by atoms with Crippen LogP contribution in [0.15, 0.2) is 48.6 Å². The van der Waals surface area contributed by atoms with Crippen molar-refractivity contribution in [3.63, 3.8) is 0 Å². The van der Waals surface area contributed by atoms with Gasteiger partial charge in [-0.2, -0.15) is 0 Å². The van der Waals surface area contributed by atoms with Crippen LogP contribution < -0.4 is 0 Å². The Kier molecular flexibility index (Phi) is 32.6. The van der Waals surface area contributed by atoms with Crippen LogP contribution in [-0.4, -0.2) is 109 Å². The van der Waals surface area contributed by atoms with Crippen LogP contribution in [0.4, 0.5) is 0 Å². The number of carbonyl (C=O) groups excluding carboxylic acids is 2. The molecule has 12 nitrogen and oxygen atoms in total. The summed E-state index contributed by atoms with van der Waals surface area (Å²) < 4.78 is 33.9. The number of aliphatic hydroxyl groups excluding tert-OH is 3. The molecule has 0 bridgehead atoms. The summed E-state index contributed by atoms with van der Waals surface area (Å²) in [5.41, 5.74) is 0. The Morgan fingerprint density at radius 3 is 1.76 bits per heavy atom. The lowest BCUT2D eigenvalue weighted by Crippen LogP contribution is -2.37. The predicted octanol–water partition coefficient (Wildman–Crippen LogP) is 8.04. The number of quaternary nitrogens is 1. The van der Waals surface area contributed by atoms with Gasteiger partial charge in [-0.25, -0.2) is 4.57 Å². The number of unbranched alkanes of at least 4 members (excludes halogenated alkanes) is 12. The van der Waals surface area contributed by atoms with E-state index in [1.54, 1.807) is 42.5 Å². The minimum atomic E-state index is -4.45. The Labute approximate surface area is 332 Å². The van der Waals surface area contributed by atoms with Gasteiger partial charge in [-0.1, -0.05) is 146 Å². The number of likely N-dealkylation sites (N-methyl/N-ethyl adjacent to an activating group) is 1. The van der Waals surface area contributed by atoms with E-state index in [9.17, 15) is 34.4 Å². The number of hydrogen-bond donors (Lipinski definition) is 4. The summed E-state index contributed by atoms with van der Waals surface area (Å²) >= 11 is 0. The number of aliphatic hydroxyl groups is 3. The number of allylic oxidation sites excluding steroid dienone is 6. The lowest BCUT2D eigenvalue weighted by molar-refractivity contribution is -0.870. The van der Waals surface area contributed by atoms with Crippen molar-refractivity contribution in [1.29, 1.82) is 0 Å². The van der Waals surface area contributed by atoms with Crippen LogP contribution in [0.5, 0.6) is 0 Å². The van der Waals surface area contributed by atoms with E-state index in [4.69, 9.17) is 18.5 Å². The smallest absolute Gasteiger partial charge is 0.462 e. The summed E-state index contributed by atoms with van der Waals surface area (Å²) in [4.78, 5) is 35.3. The SMILES string of the molecule is CCCCCCCCCCCCCC(=O)O[C@H](COC(=O)CCC[C@@H](O)[C@H](O)/C=C/C=C/C=C\C=C\[C@H](O)CCCCC)COP(=O)(O)OCC[N+](C)(C)C. The molecule has 320 valence electrons. The second-order valence-electron chi connectivity index (χ2n) is 15.2. The van der Waals surface area contributed by atoms with E-state index in [1.807, 2.05) is 21.1 Å². The maximum absolute atomic E-state index is 12.6. The Balaban J connectivity index is 4.73. The van der Waals surface area contributed by atoms with Crippen LogP contribution in [-0.2, 0) is 32.7 Å². The van der Waals surface area contributed by atoms with Crippen LogP contribution in [0.2, 0.25) is 0 Å². The molecule has 0 saturated carbocycles. The third-order valence-electron chi connectivity index (χ3n) is 8.73. The average Bonchev–Trinajstić information content (AvgIpc) is 3.12. The number of phosphoric acid groups is 1. The first kappa shape index (κ1) is 52.9. The molecule has 0 heterocycles. The fraction of sp³-hybridized carbons (Fsp3) is 0.762. The van der Waals surface area contributed by atoms with Gasteiger partial charge in [0, 0.05) is 12.8 Å². The molecule has 0 aromatic carbocycles. The highest BCUT2D eigenvalue weighted by atomic mass is 31.2. The van der Waals surface area contributed by atoms with E-state index in [0.29, 0.717) is 17.4 Å². The molecule has 0 saturated heterocycles. The zero-order chi connectivity index (χ0) is 41.2. The van der Waals surface area contributed by atoms with Crippen LogP contribution in [0.1, 0.15) is 136 Å². The Morgan fingerprint density at radius 1 is 0.636 bits per heavy atom. The maximum atomic E-state index is 12.6. The third-order valence-corrected chi connectivity index (χ3v) is 9.71. The number of rotatable bonds is 36. The monoisotopic (exact) mass is 803 g/mol. The van der Waals surface area contributed by atoms with Gasteiger partial charge in [0.25, 0.3) is 0 Å². The molecular weight excluding hydrogens is 725 g/mol. The summed E-state index contributed by atoms with van der Waals surface area (Å²) in [6, 6.07) is 0. The molecule has 55 heavy (non-hydrogen) atoms. The first-order valence-electron chi connectivity index (χ1n) is 20.7. The molecule has 0 spiro atoms. The summed E-state index contributed by atoms with van der Waals surface area (Å²) in [6.07, 6.45) is 26.8. The van der Waals surface area contributed by atoms with E-state index in [2.05, 4.69) is 13.8 Å². The average molecular weight is 803 g/mol. The van der Waals surface area contributed by atoms with Crippen molar-refractivity contribution in [2.45, 2.75) is 160 Å². The molecule has 0 aromatic rings. The number of hydrogen-bond acceptors (Lipinski definition) is 10. The van der Waals surface area contributed by atoms with Crippen molar-refractivity contribution >= 4 is 19.8 Å². The maximum Gasteiger partial charge on any atom is 0.472 e. The van der Waals surface area contributed by atoms with E-state index < -0.39 is 50.8 Å². The number of carbonyl (C=O) groups is 2. The molecule has 0 aliphatic rings. The Morgan fingerprint density at radius 2 is 1.16 bits per heavy atom. The first-order chi connectivity index (χ1) is 26.2. The molecule has 0 amide bonds. The molecule has 4 N–H and O–H groups in total. The summed E-state index contributed by atoms with van der Waals surface area (Å²) in [5.74, 6) is -1.13. The van der Waals surface area contributed by atoms with Gasteiger partial charge in [0.15, 0.2) is 6.10 Å². The van der Waals surface area contributed by atoms with Gasteiger partial charge in [0.05, 0.1) is 46.1 Å². The van der Waals surface area contributed by atoms with Gasteiger partial charge >= 0.3 is 19.8 Å². The molecule has 0 radical (unpaired) electrons. The zero-order valence-electron chi connectivity index (χ0n) is 34.7. The van der Waals surface area contributed by atoms with Crippen LogP contribution in [0, 0.1) is 0 Å². The van der Waals surface area contributed by atoms with Gasteiger partial charge in [-0.3, -0.25) is 18.6 Å². The van der Waals surface area contributed by atoms with Crippen molar-refractivity contribution in [2.24, 2.45) is 0 Å². The molecular formula is C42H77NO11P+. The van der Waals surface area contributed by atoms with Gasteiger partial charge in [-0.15, -0.1) is 0 Å². The summed E-state index contributed by atoms with van der Waals surface area (Å²) in [7, 11) is 1.28. The number of nitrogens with zero attached hydrogens (tertiary/aromatic N) is 1. The van der Waals surface area contributed by atoms with Crippen LogP contribution in [0.3, 0.4) is 0 Å². The second kappa shape index (κ2) is 33.9. The zero-order valence-corrected chi connectivity index (χ0v) is 35.6. The van der Waals surface area contributed by atoms with Crippen molar-refractivity contribution in [2.75, 3.05) is 47.5 Å². The minimum absolute atomic E-state index is 0.0242. The Bertz CT molecular complexity index is 1140. The van der Waals surface area contributed by atoms with Crippen molar-refractivity contribution in [3.8, 4) is 0 Å². The van der Waals surface area contributed by atoms with Crippen LogP contribution >= 0.6 is 7.82 Å². The molecule has 0 aliphatic heterocycles. The van der Waals surface area contributed by atoms with E-state index in [0.717, 1.165) is 44.9 Å². The van der Waals surface area contributed by atoms with E-state index in [1.165, 1.54) is 51.0 Å². The van der Waals surface area contributed by atoms with E-state index >= 15 is 0 Å². The van der Waals surface area contributed by atoms with Crippen molar-refractivity contribution < 1.29 is 57.4 Å². The topological polar surface area (TPSA) is 169 Å². The molecule has 0 aliphatic carbocycles. The third kappa shape index (κ3) is 36.0. The highest BCUT2D eigenvalue weighted by molar-refractivity contribution is 7.47. The molecule has 0 aromatic heterocycles. The molecule has 5 atom stereocenters. The van der Waals surface area contributed by atoms with E-state index in [-0.39, 0.29) is 38.9 Å². The van der Waals surface area contributed by atoms with Gasteiger partial charge in [0.2, 0.25) is 0 Å². The summed E-state index contributed by atoms with van der Waals surface area (Å²) in [6.45, 7) is 3.89. The first-order valence-corrected chi connectivity index (χ1v) is 22.2. The van der Waals surface area contributed by atoms with Gasteiger partial charge in [0.1, 0.15) is 19.8 Å². The highest BCUT2D eigenvalue weighted by Gasteiger charge is 2.27. The fourth-order valence-corrected chi connectivity index (χ4v) is 6.02. The van der Waals surface area contributed by atoms with Gasteiger partial charge < -0.3 is 34.2 Å². The lowest BCUT2D eigenvalue weighted by Gasteiger charge is -2.24. The largest absolute Gasteiger partial charge is 0.472 e. The molecule has 0 rings (SSSR count). The number of phosphoric ester groups is 1. The van der Waals surface area contributed by atoms with Gasteiger partial charge in [-0.05, 0) is 25.7 Å². The fourth-order valence-electron chi connectivity index (χ4n) is 5.28. The molecule has 13 heteroatoms. The quantitative estimate of drug-likeness (QED) is 0.0159. The standard InChI is InChI=1S/C42H76NO11P/c1-6-8-10-11-12-13-14-15-16-21-25-31-42(48)54-38(36-53-55(49,50)52-34-33-43(3,4)5)35-51-41(47)32-26-30-40(46)39(45)29-24-20-18-17-19-23-28-37(44)27-22-9-7-2/h17-20,23-24,28-29,37-40,44-46H,6-16,21-22,25-27,30-36H2,1-5H3/p+1/b19-17-,20-18+,28-23+,29-24+/t37-,38-,39-,40-/m1/s1. The summed E-state index contributed by atoms with van der Waals surface area (Å²) in [5, 5.41) is 30.5. The highest BCUT2D eigenvalue weighted by Crippen LogP contribution is 2.43. The normalized spacial score (nSPS) is 15.9. The van der Waals surface area contributed by atoms with Crippen molar-refractivity contribution in [3.05, 3.63) is 48.6 Å². The second-order valence-corrected chi connectivity index (χ2v) is 16.7. The molecule has 0 fully saturated rings. The minimum Gasteiger partial charge on any atom is -0.462 e.